The van der Waals surface area contributed by atoms with Crippen LogP contribution in [0.2, 0.25) is 0 Å². The Bertz CT molecular complexity index is 1290. The van der Waals surface area contributed by atoms with Gasteiger partial charge in [-0.2, -0.15) is 5.10 Å². The van der Waals surface area contributed by atoms with E-state index in [1.807, 2.05) is 60.8 Å². The maximum atomic E-state index is 13.1. The Morgan fingerprint density at radius 2 is 1.74 bits per heavy atom. The number of halogens is 1. The predicted molar refractivity (Wildman–Crippen MR) is 128 cm³/mol. The molecular weight excluding hydrogens is 435 g/mol. The van der Waals surface area contributed by atoms with Crippen molar-refractivity contribution in [2.45, 2.75) is 19.1 Å². The number of aromatic nitrogens is 1. The molecule has 0 aliphatic carbocycles. The zero-order chi connectivity index (χ0) is 23.8. The molecule has 2 amide bonds. The molecule has 172 valence electrons. The fraction of sp³-hybridized carbons (Fsp3) is 0.115. The molecule has 7 nitrogen and oxygen atoms in total. The number of hydrogen-bond donors (Lipinski definition) is 3. The van der Waals surface area contributed by atoms with Crippen LogP contribution in [-0.4, -0.2) is 29.2 Å². The van der Waals surface area contributed by atoms with E-state index in [-0.39, 0.29) is 18.8 Å². The first-order valence-corrected chi connectivity index (χ1v) is 10.7. The molecule has 1 aromatic heterocycles. The maximum absolute atomic E-state index is 13.1. The van der Waals surface area contributed by atoms with Gasteiger partial charge in [0.25, 0.3) is 5.91 Å². The second-order valence-electron chi connectivity index (χ2n) is 7.61. The van der Waals surface area contributed by atoms with Crippen LogP contribution >= 0.6 is 0 Å². The number of hydrogen-bond acceptors (Lipinski definition) is 4. The van der Waals surface area contributed by atoms with E-state index in [9.17, 15) is 14.0 Å². The molecule has 3 aromatic carbocycles. The van der Waals surface area contributed by atoms with E-state index in [2.05, 4.69) is 20.8 Å². The number of nitrogens with zero attached hydrogens (tertiary/aromatic N) is 1. The van der Waals surface area contributed by atoms with E-state index in [0.717, 1.165) is 22.0 Å². The first-order chi connectivity index (χ1) is 16.6. The van der Waals surface area contributed by atoms with Crippen LogP contribution in [0.25, 0.3) is 10.9 Å². The second-order valence-corrected chi connectivity index (χ2v) is 7.61. The molecule has 0 saturated carbocycles. The first kappa shape index (κ1) is 22.7. The minimum Gasteiger partial charge on any atom is -0.445 e. The summed E-state index contributed by atoms with van der Waals surface area (Å²) in [5, 5.41) is 7.53. The summed E-state index contributed by atoms with van der Waals surface area (Å²) in [6, 6.07) is 21.7. The highest BCUT2D eigenvalue weighted by Gasteiger charge is 2.23. The maximum Gasteiger partial charge on any atom is 0.408 e. The summed E-state index contributed by atoms with van der Waals surface area (Å²) in [5.41, 5.74) is 5.68. The molecule has 0 radical (unpaired) electrons. The monoisotopic (exact) mass is 458 g/mol. The van der Waals surface area contributed by atoms with Crippen molar-refractivity contribution in [2.24, 2.45) is 5.10 Å². The number of alkyl carbamates (subject to hydrolysis) is 1. The van der Waals surface area contributed by atoms with E-state index in [4.69, 9.17) is 4.74 Å². The SMILES string of the molecule is O=C(NC(Cc1c[nH]c2ccccc12)C(=O)NN=Cc1ccc(F)cc1)OCc1ccccc1. The standard InChI is InChI=1S/C26H23FN4O3/c27-21-12-10-18(11-13-21)15-29-31-25(32)24(14-20-16-28-23-9-5-4-8-22(20)23)30-26(33)34-17-19-6-2-1-3-7-19/h1-13,15-16,24,28H,14,17H2,(H,30,33)(H,31,32). The van der Waals surface area contributed by atoms with Gasteiger partial charge in [0.2, 0.25) is 0 Å². The van der Waals surface area contributed by atoms with Gasteiger partial charge in [0.15, 0.2) is 0 Å². The molecule has 1 heterocycles. The molecule has 0 bridgehead atoms. The quantitative estimate of drug-likeness (QED) is 0.271. The van der Waals surface area contributed by atoms with Crippen molar-refractivity contribution < 1.29 is 18.7 Å². The summed E-state index contributed by atoms with van der Waals surface area (Å²) in [5.74, 6) is -0.876. The molecule has 0 aliphatic rings. The van der Waals surface area contributed by atoms with Gasteiger partial charge in [-0.25, -0.2) is 14.6 Å². The molecule has 0 spiro atoms. The molecule has 4 aromatic rings. The fourth-order valence-corrected chi connectivity index (χ4v) is 3.43. The number of fused-ring (bicyclic) bond motifs is 1. The molecule has 8 heteroatoms. The summed E-state index contributed by atoms with van der Waals surface area (Å²) < 4.78 is 18.3. The molecule has 1 unspecified atom stereocenters. The Morgan fingerprint density at radius 3 is 2.53 bits per heavy atom. The highest BCUT2D eigenvalue weighted by atomic mass is 19.1. The lowest BCUT2D eigenvalue weighted by Gasteiger charge is -2.17. The van der Waals surface area contributed by atoms with Gasteiger partial charge in [0, 0.05) is 23.5 Å². The number of para-hydroxylation sites is 1. The van der Waals surface area contributed by atoms with Crippen molar-refractivity contribution in [3.05, 3.63) is 108 Å². The number of rotatable bonds is 8. The van der Waals surface area contributed by atoms with E-state index >= 15 is 0 Å². The number of carbonyl (C=O) groups is 2. The van der Waals surface area contributed by atoms with E-state index in [0.29, 0.717) is 5.56 Å². The van der Waals surface area contributed by atoms with Crippen LogP contribution in [0.4, 0.5) is 9.18 Å². The van der Waals surface area contributed by atoms with Crippen LogP contribution in [0.5, 0.6) is 0 Å². The summed E-state index contributed by atoms with van der Waals surface area (Å²) in [4.78, 5) is 28.5. The zero-order valence-electron chi connectivity index (χ0n) is 18.2. The Balaban J connectivity index is 1.45. The van der Waals surface area contributed by atoms with Gasteiger partial charge in [-0.1, -0.05) is 60.7 Å². The fourth-order valence-electron chi connectivity index (χ4n) is 3.43. The lowest BCUT2D eigenvalue weighted by Crippen LogP contribution is -2.47. The molecule has 0 fully saturated rings. The van der Waals surface area contributed by atoms with Crippen LogP contribution < -0.4 is 10.7 Å². The molecule has 1 atom stereocenters. The lowest BCUT2D eigenvalue weighted by atomic mass is 10.0. The summed E-state index contributed by atoms with van der Waals surface area (Å²) in [6.07, 6.45) is 2.71. The number of hydrazone groups is 1. The number of nitrogens with one attached hydrogen (secondary N) is 3. The molecular formula is C26H23FN4O3. The Morgan fingerprint density at radius 1 is 1.00 bits per heavy atom. The van der Waals surface area contributed by atoms with Gasteiger partial charge < -0.3 is 15.0 Å². The van der Waals surface area contributed by atoms with Crippen molar-refractivity contribution in [1.82, 2.24) is 15.7 Å². The summed E-state index contributed by atoms with van der Waals surface area (Å²) >= 11 is 0. The summed E-state index contributed by atoms with van der Waals surface area (Å²) in [6.45, 7) is 0.0802. The molecule has 3 N–H and O–H groups in total. The van der Waals surface area contributed by atoms with Crippen molar-refractivity contribution in [3.63, 3.8) is 0 Å². The largest absolute Gasteiger partial charge is 0.445 e. The second kappa shape index (κ2) is 10.9. The van der Waals surface area contributed by atoms with Gasteiger partial charge in [-0.15, -0.1) is 0 Å². The normalized spacial score (nSPS) is 11.9. The smallest absolute Gasteiger partial charge is 0.408 e. The third-order valence-corrected chi connectivity index (χ3v) is 5.18. The minimum absolute atomic E-state index is 0.0802. The number of benzene rings is 3. The average Bonchev–Trinajstić information content (AvgIpc) is 3.27. The van der Waals surface area contributed by atoms with Crippen LogP contribution in [0.15, 0.2) is 90.2 Å². The van der Waals surface area contributed by atoms with Gasteiger partial charge in [-0.3, -0.25) is 4.79 Å². The van der Waals surface area contributed by atoms with Crippen molar-refractivity contribution in [2.75, 3.05) is 0 Å². The molecule has 34 heavy (non-hydrogen) atoms. The number of carbonyl (C=O) groups excluding carboxylic acids is 2. The van der Waals surface area contributed by atoms with Gasteiger partial charge in [0.1, 0.15) is 18.5 Å². The topological polar surface area (TPSA) is 95.6 Å². The summed E-state index contributed by atoms with van der Waals surface area (Å²) in [7, 11) is 0. The van der Waals surface area contributed by atoms with Crippen molar-refractivity contribution in [3.8, 4) is 0 Å². The predicted octanol–water partition coefficient (Wildman–Crippen LogP) is 4.29. The molecule has 4 rings (SSSR count). The van der Waals surface area contributed by atoms with E-state index in [1.54, 1.807) is 0 Å². The highest BCUT2D eigenvalue weighted by molar-refractivity contribution is 5.89. The highest BCUT2D eigenvalue weighted by Crippen LogP contribution is 2.19. The van der Waals surface area contributed by atoms with Crippen LogP contribution in [0.3, 0.4) is 0 Å². The first-order valence-electron chi connectivity index (χ1n) is 10.7. The molecule has 0 aliphatic heterocycles. The zero-order valence-corrected chi connectivity index (χ0v) is 18.2. The third kappa shape index (κ3) is 6.07. The van der Waals surface area contributed by atoms with E-state index < -0.39 is 18.0 Å². The minimum atomic E-state index is -0.937. The van der Waals surface area contributed by atoms with Gasteiger partial charge in [-0.05, 0) is 34.9 Å². The Kier molecular flexibility index (Phi) is 7.29. The van der Waals surface area contributed by atoms with Crippen molar-refractivity contribution in [1.29, 1.82) is 0 Å². The van der Waals surface area contributed by atoms with Crippen LogP contribution in [0, 0.1) is 5.82 Å². The lowest BCUT2D eigenvalue weighted by molar-refractivity contribution is -0.123. The van der Waals surface area contributed by atoms with Crippen LogP contribution in [0.1, 0.15) is 16.7 Å². The number of amides is 2. The number of aromatic amines is 1. The van der Waals surface area contributed by atoms with Gasteiger partial charge >= 0.3 is 6.09 Å². The van der Waals surface area contributed by atoms with Crippen LogP contribution in [-0.2, 0) is 22.6 Å². The number of H-pyrrole nitrogens is 1. The van der Waals surface area contributed by atoms with E-state index in [1.165, 1.54) is 30.5 Å². The number of ether oxygens (including phenoxy) is 1. The Hall–Kier alpha value is -4.46. The van der Waals surface area contributed by atoms with Gasteiger partial charge in [0.05, 0.1) is 6.21 Å². The third-order valence-electron chi connectivity index (χ3n) is 5.18. The average molecular weight is 458 g/mol. The Labute approximate surface area is 195 Å². The molecule has 0 saturated heterocycles. The van der Waals surface area contributed by atoms with Crippen molar-refractivity contribution >= 4 is 29.1 Å².